The summed E-state index contributed by atoms with van der Waals surface area (Å²) in [7, 11) is 0. The molecule has 3 aromatic rings. The second kappa shape index (κ2) is 10.7. The van der Waals surface area contributed by atoms with Gasteiger partial charge in [-0.15, -0.1) is 0 Å². The lowest BCUT2D eigenvalue weighted by Crippen LogP contribution is -2.55. The maximum atomic E-state index is 13.3. The van der Waals surface area contributed by atoms with E-state index < -0.39 is 67.3 Å². The predicted octanol–water partition coefficient (Wildman–Crippen LogP) is 0.451. The van der Waals surface area contributed by atoms with Gasteiger partial charge in [0.05, 0.1) is 36.0 Å². The van der Waals surface area contributed by atoms with E-state index >= 15 is 0 Å². The number of aliphatic hydroxyl groups excluding tert-OH is 4. The number of aliphatic hydroxyl groups is 4. The molecule has 196 valence electrons. The first-order chi connectivity index (χ1) is 17.6. The Morgan fingerprint density at radius 1 is 0.946 bits per heavy atom. The van der Waals surface area contributed by atoms with Crippen LogP contribution in [0.2, 0.25) is 0 Å². The second-order valence-corrected chi connectivity index (χ2v) is 8.50. The van der Waals surface area contributed by atoms with Gasteiger partial charge in [-0.05, 0) is 29.8 Å². The van der Waals surface area contributed by atoms with Gasteiger partial charge in [0.2, 0.25) is 5.43 Å². The first-order valence-corrected chi connectivity index (χ1v) is 11.2. The van der Waals surface area contributed by atoms with Crippen LogP contribution in [0.15, 0.2) is 51.9 Å². The number of benzene rings is 2. The molecular formula is C25H24O12. The summed E-state index contributed by atoms with van der Waals surface area (Å²) in [5.41, 5.74) is -0.264. The number of rotatable bonds is 7. The molecule has 0 radical (unpaired) electrons. The van der Waals surface area contributed by atoms with E-state index in [0.29, 0.717) is 5.56 Å². The number of esters is 1. The lowest BCUT2D eigenvalue weighted by Gasteiger charge is -2.40. The molecule has 0 aliphatic carbocycles. The Hall–Kier alpha value is -3.81. The molecule has 0 unspecified atom stereocenters. The normalized spacial score (nSPS) is 23.6. The fraction of sp³-hybridized carbons (Fsp3) is 0.320. The molecule has 1 saturated heterocycles. The molecule has 1 fully saturated rings. The minimum Gasteiger partial charge on any atom is -0.508 e. The number of hydrogen-bond acceptors (Lipinski definition) is 11. The number of aliphatic carboxylic acids is 1. The summed E-state index contributed by atoms with van der Waals surface area (Å²) < 4.78 is 16.7. The quantitative estimate of drug-likeness (QED) is 0.187. The van der Waals surface area contributed by atoms with Crippen molar-refractivity contribution in [2.24, 2.45) is 0 Å². The molecule has 4 rings (SSSR count). The van der Waals surface area contributed by atoms with Crippen LogP contribution >= 0.6 is 0 Å². The van der Waals surface area contributed by atoms with E-state index in [1.165, 1.54) is 36.4 Å². The van der Waals surface area contributed by atoms with Gasteiger partial charge in [-0.3, -0.25) is 14.4 Å². The van der Waals surface area contributed by atoms with Crippen LogP contribution < -0.4 is 10.2 Å². The van der Waals surface area contributed by atoms with Crippen LogP contribution in [0.5, 0.6) is 11.5 Å². The molecule has 1 aliphatic rings. The van der Waals surface area contributed by atoms with Crippen LogP contribution in [0, 0.1) is 0 Å². The molecule has 2 aromatic carbocycles. The average Bonchev–Trinajstić information content (AvgIpc) is 2.87. The van der Waals surface area contributed by atoms with Crippen molar-refractivity contribution in [1.29, 1.82) is 0 Å². The number of carbonyl (C=O) groups is 2. The van der Waals surface area contributed by atoms with Gasteiger partial charge in [0, 0.05) is 0 Å². The van der Waals surface area contributed by atoms with Crippen molar-refractivity contribution < 1.29 is 54.1 Å². The standard InChI is InChI=1S/C25H24O12/c26-9-16-21(32)22(33)23(34)25(37-16)19-15(36-18(30)8-7-17(28)29)6-5-13-20(31)14(10-35-24(13)19)11-1-3-12(27)4-2-11/h1-6,10,16,21-23,25-27,32-34H,7-9H2,(H,28,29)/t16-,21-,22+,23-,25+/m1/s1. The van der Waals surface area contributed by atoms with Gasteiger partial charge in [0.1, 0.15) is 53.9 Å². The van der Waals surface area contributed by atoms with E-state index in [0.717, 1.165) is 6.26 Å². The van der Waals surface area contributed by atoms with E-state index in [1.807, 2.05) is 0 Å². The molecule has 0 spiro atoms. The zero-order valence-corrected chi connectivity index (χ0v) is 19.2. The number of aromatic hydroxyl groups is 1. The van der Waals surface area contributed by atoms with Gasteiger partial charge in [-0.1, -0.05) is 12.1 Å². The fourth-order valence-electron chi connectivity index (χ4n) is 4.13. The third-order valence-corrected chi connectivity index (χ3v) is 6.06. The van der Waals surface area contributed by atoms with Gasteiger partial charge >= 0.3 is 11.9 Å². The number of carboxylic acid groups (broad SMARTS) is 1. The van der Waals surface area contributed by atoms with Crippen LogP contribution in [-0.2, 0) is 14.3 Å². The molecule has 0 bridgehead atoms. The molecule has 37 heavy (non-hydrogen) atoms. The Bertz CT molecular complexity index is 1360. The van der Waals surface area contributed by atoms with Crippen LogP contribution in [0.4, 0.5) is 0 Å². The minimum atomic E-state index is -1.79. The number of carboxylic acids is 1. The van der Waals surface area contributed by atoms with Gasteiger partial charge < -0.3 is 44.5 Å². The lowest BCUT2D eigenvalue weighted by atomic mass is 9.89. The molecule has 0 amide bonds. The second-order valence-electron chi connectivity index (χ2n) is 8.50. The van der Waals surface area contributed by atoms with Crippen LogP contribution in [0.25, 0.3) is 22.1 Å². The summed E-state index contributed by atoms with van der Waals surface area (Å²) in [6, 6.07) is 8.32. The van der Waals surface area contributed by atoms with Crippen LogP contribution in [-0.4, -0.2) is 73.6 Å². The van der Waals surface area contributed by atoms with Crippen molar-refractivity contribution in [1.82, 2.24) is 0 Å². The number of hydrogen-bond donors (Lipinski definition) is 6. The summed E-state index contributed by atoms with van der Waals surface area (Å²) in [5.74, 6) is -2.41. The zero-order valence-electron chi connectivity index (χ0n) is 19.2. The van der Waals surface area contributed by atoms with E-state index in [1.54, 1.807) is 0 Å². The van der Waals surface area contributed by atoms with Crippen molar-refractivity contribution in [2.75, 3.05) is 6.61 Å². The SMILES string of the molecule is O=C(O)CCC(=O)Oc1ccc2c(=O)c(-c3ccc(O)cc3)coc2c1[C@@H]1O[C@H](CO)[C@@H](O)[C@H](O)[C@H]1O. The molecular weight excluding hydrogens is 492 g/mol. The highest BCUT2D eigenvalue weighted by Crippen LogP contribution is 2.41. The summed E-state index contributed by atoms with van der Waals surface area (Å²) >= 11 is 0. The molecule has 5 atom stereocenters. The number of fused-ring (bicyclic) bond motifs is 1. The van der Waals surface area contributed by atoms with E-state index in [9.17, 15) is 39.9 Å². The Morgan fingerprint density at radius 2 is 1.65 bits per heavy atom. The van der Waals surface area contributed by atoms with E-state index in [-0.39, 0.29) is 33.6 Å². The monoisotopic (exact) mass is 516 g/mol. The van der Waals surface area contributed by atoms with Gasteiger partial charge in [0.15, 0.2) is 0 Å². The van der Waals surface area contributed by atoms with Crippen molar-refractivity contribution >= 4 is 22.9 Å². The zero-order chi connectivity index (χ0) is 26.9. The van der Waals surface area contributed by atoms with Crippen molar-refractivity contribution in [3.05, 3.63) is 58.4 Å². The minimum absolute atomic E-state index is 0.00631. The van der Waals surface area contributed by atoms with E-state index in [4.69, 9.17) is 19.0 Å². The number of phenolic OH excluding ortho intramolecular Hbond substituents is 1. The highest BCUT2D eigenvalue weighted by Gasteiger charge is 2.46. The Labute approximate surface area is 208 Å². The molecule has 0 saturated carbocycles. The molecule has 12 heteroatoms. The van der Waals surface area contributed by atoms with Crippen molar-refractivity contribution in [3.8, 4) is 22.6 Å². The average molecular weight is 516 g/mol. The molecule has 2 heterocycles. The topological polar surface area (TPSA) is 204 Å². The van der Waals surface area contributed by atoms with Crippen LogP contribution in [0.1, 0.15) is 24.5 Å². The molecule has 12 nitrogen and oxygen atoms in total. The van der Waals surface area contributed by atoms with Gasteiger partial charge in [0.25, 0.3) is 0 Å². The largest absolute Gasteiger partial charge is 0.508 e. The summed E-state index contributed by atoms with van der Waals surface area (Å²) in [6.45, 7) is -0.727. The summed E-state index contributed by atoms with van der Waals surface area (Å²) in [6.07, 6.45) is -7.92. The lowest BCUT2D eigenvalue weighted by molar-refractivity contribution is -0.231. The summed E-state index contributed by atoms with van der Waals surface area (Å²) in [4.78, 5) is 36.5. The number of ether oxygens (including phenoxy) is 2. The van der Waals surface area contributed by atoms with Crippen molar-refractivity contribution in [2.45, 2.75) is 43.4 Å². The molecule has 1 aliphatic heterocycles. The highest BCUT2D eigenvalue weighted by molar-refractivity contribution is 5.87. The molecule has 6 N–H and O–H groups in total. The smallest absolute Gasteiger partial charge is 0.311 e. The Balaban J connectivity index is 1.87. The maximum absolute atomic E-state index is 13.3. The Kier molecular flexibility index (Phi) is 7.57. The first kappa shape index (κ1) is 26.3. The third kappa shape index (κ3) is 5.19. The van der Waals surface area contributed by atoms with Gasteiger partial charge in [-0.2, -0.15) is 0 Å². The first-order valence-electron chi connectivity index (χ1n) is 11.2. The highest BCUT2D eigenvalue weighted by atomic mass is 16.6. The van der Waals surface area contributed by atoms with Gasteiger partial charge in [-0.25, -0.2) is 0 Å². The van der Waals surface area contributed by atoms with Crippen LogP contribution in [0.3, 0.4) is 0 Å². The summed E-state index contributed by atoms with van der Waals surface area (Å²) in [5, 5.41) is 59.2. The maximum Gasteiger partial charge on any atom is 0.311 e. The molecule has 1 aromatic heterocycles. The number of phenols is 1. The third-order valence-electron chi connectivity index (χ3n) is 6.06. The van der Waals surface area contributed by atoms with E-state index in [2.05, 4.69) is 0 Å². The fourth-order valence-corrected chi connectivity index (χ4v) is 4.13. The number of carbonyl (C=O) groups excluding carboxylic acids is 1. The van der Waals surface area contributed by atoms with Crippen molar-refractivity contribution in [3.63, 3.8) is 0 Å². The predicted molar refractivity (Wildman–Crippen MR) is 125 cm³/mol. The Morgan fingerprint density at radius 3 is 2.30 bits per heavy atom.